The lowest BCUT2D eigenvalue weighted by Gasteiger charge is -2.21. The van der Waals surface area contributed by atoms with E-state index in [1.54, 1.807) is 66.9 Å². The van der Waals surface area contributed by atoms with Crippen LogP contribution in [0.1, 0.15) is 10.4 Å². The molecule has 28 heavy (non-hydrogen) atoms. The minimum absolute atomic E-state index is 0.357. The highest BCUT2D eigenvalue weighted by molar-refractivity contribution is 6.08. The Kier molecular flexibility index (Phi) is 5.81. The zero-order valence-electron chi connectivity index (χ0n) is 15.1. The molecule has 1 amide bonds. The van der Waals surface area contributed by atoms with Crippen LogP contribution in [0.3, 0.4) is 0 Å². The monoisotopic (exact) mass is 378 g/mol. The number of aliphatic carboxylic acids is 1. The third-order valence-corrected chi connectivity index (χ3v) is 3.83. The third kappa shape index (κ3) is 4.61. The van der Waals surface area contributed by atoms with E-state index in [1.165, 1.54) is 12.0 Å². The number of anilines is 3. The molecule has 3 aromatic rings. The van der Waals surface area contributed by atoms with Crippen molar-refractivity contribution in [3.63, 3.8) is 0 Å². The zero-order chi connectivity index (χ0) is 19.9. The molecule has 0 aliphatic rings. The fraction of sp³-hybridized carbons (Fsp3) is 0.100. The van der Waals surface area contributed by atoms with Crippen LogP contribution >= 0.6 is 0 Å². The van der Waals surface area contributed by atoms with E-state index >= 15 is 0 Å². The molecule has 0 atom stereocenters. The molecule has 0 aliphatic heterocycles. The second-order valence-electron chi connectivity index (χ2n) is 5.75. The number of methoxy groups -OCH3 is 1. The molecule has 2 aromatic carbocycles. The van der Waals surface area contributed by atoms with Gasteiger partial charge < -0.3 is 15.2 Å². The molecule has 1 heterocycles. The second kappa shape index (κ2) is 8.63. The number of carbonyl (C=O) groups is 2. The average molecular weight is 378 g/mol. The maximum Gasteiger partial charge on any atom is 0.323 e. The summed E-state index contributed by atoms with van der Waals surface area (Å²) in [6.45, 7) is -0.430. The molecule has 142 valence electrons. The van der Waals surface area contributed by atoms with Crippen LogP contribution in [0.5, 0.6) is 5.88 Å². The molecule has 0 radical (unpaired) electrons. The molecule has 0 unspecified atom stereocenters. The topological polar surface area (TPSA) is 105 Å². The van der Waals surface area contributed by atoms with Crippen LogP contribution in [0.25, 0.3) is 0 Å². The zero-order valence-corrected chi connectivity index (χ0v) is 15.1. The lowest BCUT2D eigenvalue weighted by molar-refractivity contribution is -0.135. The first kappa shape index (κ1) is 18.8. The number of carbonyl (C=O) groups excluding carboxylic acids is 1. The van der Waals surface area contributed by atoms with E-state index in [1.807, 2.05) is 0 Å². The number of amides is 1. The quantitative estimate of drug-likeness (QED) is 0.651. The third-order valence-electron chi connectivity index (χ3n) is 3.83. The van der Waals surface area contributed by atoms with Crippen LogP contribution in [0, 0.1) is 0 Å². The SMILES string of the molecule is COc1ccnc(Nc2ccc(C(=O)N(CC(=O)O)c3ccccc3)cc2)n1. The van der Waals surface area contributed by atoms with Gasteiger partial charge in [0.2, 0.25) is 11.8 Å². The predicted octanol–water partition coefficient (Wildman–Crippen LogP) is 2.96. The molecular weight excluding hydrogens is 360 g/mol. The summed E-state index contributed by atoms with van der Waals surface area (Å²) in [5.41, 5.74) is 1.55. The molecule has 0 aliphatic carbocycles. The molecule has 0 bridgehead atoms. The number of benzene rings is 2. The van der Waals surface area contributed by atoms with Crippen LogP contribution in [0.4, 0.5) is 17.3 Å². The van der Waals surface area contributed by atoms with Crippen LogP contribution in [-0.2, 0) is 4.79 Å². The summed E-state index contributed by atoms with van der Waals surface area (Å²) in [4.78, 5) is 33.5. The fourth-order valence-corrected chi connectivity index (χ4v) is 2.52. The van der Waals surface area contributed by atoms with Crippen molar-refractivity contribution in [2.24, 2.45) is 0 Å². The number of aromatic nitrogens is 2. The van der Waals surface area contributed by atoms with Gasteiger partial charge in [-0.15, -0.1) is 0 Å². The van der Waals surface area contributed by atoms with Crippen LogP contribution in [0.15, 0.2) is 66.9 Å². The number of carboxylic acids is 1. The van der Waals surface area contributed by atoms with E-state index in [-0.39, 0.29) is 0 Å². The highest BCUT2D eigenvalue weighted by Gasteiger charge is 2.20. The Morgan fingerprint density at radius 2 is 1.79 bits per heavy atom. The molecule has 3 rings (SSSR count). The maximum atomic E-state index is 12.8. The summed E-state index contributed by atoms with van der Waals surface area (Å²) in [6, 6.07) is 16.9. The smallest absolute Gasteiger partial charge is 0.323 e. The number of hydrogen-bond acceptors (Lipinski definition) is 6. The van der Waals surface area contributed by atoms with Gasteiger partial charge in [0.1, 0.15) is 6.54 Å². The van der Waals surface area contributed by atoms with Gasteiger partial charge in [-0.1, -0.05) is 18.2 Å². The number of rotatable bonds is 7. The van der Waals surface area contributed by atoms with E-state index in [2.05, 4.69) is 15.3 Å². The first-order valence-electron chi connectivity index (χ1n) is 8.39. The predicted molar refractivity (Wildman–Crippen MR) is 104 cm³/mol. The van der Waals surface area contributed by atoms with Gasteiger partial charge in [-0.05, 0) is 36.4 Å². The first-order valence-corrected chi connectivity index (χ1v) is 8.39. The van der Waals surface area contributed by atoms with E-state index in [4.69, 9.17) is 9.84 Å². The molecule has 8 heteroatoms. The Balaban J connectivity index is 1.78. The molecule has 8 nitrogen and oxygen atoms in total. The molecule has 0 saturated carbocycles. The summed E-state index contributed by atoms with van der Waals surface area (Å²) >= 11 is 0. The molecular formula is C20H18N4O4. The lowest BCUT2D eigenvalue weighted by Crippen LogP contribution is -2.35. The van der Waals surface area contributed by atoms with E-state index < -0.39 is 18.4 Å². The Labute approximate surface area is 161 Å². The maximum absolute atomic E-state index is 12.8. The van der Waals surface area contributed by atoms with Gasteiger partial charge >= 0.3 is 5.97 Å². The number of ether oxygens (including phenoxy) is 1. The van der Waals surface area contributed by atoms with Gasteiger partial charge in [0, 0.05) is 29.2 Å². The highest BCUT2D eigenvalue weighted by Crippen LogP contribution is 2.20. The summed E-state index contributed by atoms with van der Waals surface area (Å²) in [7, 11) is 1.52. The van der Waals surface area contributed by atoms with E-state index in [0.717, 1.165) is 0 Å². The summed E-state index contributed by atoms with van der Waals surface area (Å²) in [5.74, 6) is -0.713. The number of carboxylic acid groups (broad SMARTS) is 1. The van der Waals surface area contributed by atoms with Crippen LogP contribution in [-0.4, -0.2) is 40.6 Å². The minimum Gasteiger partial charge on any atom is -0.481 e. The fourth-order valence-electron chi connectivity index (χ4n) is 2.52. The Morgan fingerprint density at radius 3 is 2.43 bits per heavy atom. The Morgan fingerprint density at radius 1 is 1.07 bits per heavy atom. The molecule has 0 saturated heterocycles. The average Bonchev–Trinajstić information content (AvgIpc) is 2.73. The van der Waals surface area contributed by atoms with Crippen molar-refractivity contribution >= 4 is 29.2 Å². The van der Waals surface area contributed by atoms with Crippen molar-refractivity contribution in [2.45, 2.75) is 0 Å². The van der Waals surface area contributed by atoms with Crippen molar-refractivity contribution < 1.29 is 19.4 Å². The largest absolute Gasteiger partial charge is 0.481 e. The van der Waals surface area contributed by atoms with Crippen molar-refractivity contribution in [1.82, 2.24) is 9.97 Å². The lowest BCUT2D eigenvalue weighted by atomic mass is 10.1. The molecule has 0 spiro atoms. The van der Waals surface area contributed by atoms with Gasteiger partial charge in [0.25, 0.3) is 5.91 Å². The second-order valence-corrected chi connectivity index (χ2v) is 5.75. The van der Waals surface area contributed by atoms with Gasteiger partial charge in [-0.2, -0.15) is 4.98 Å². The van der Waals surface area contributed by atoms with Gasteiger partial charge in [-0.25, -0.2) is 4.98 Å². The van der Waals surface area contributed by atoms with Crippen molar-refractivity contribution in [3.05, 3.63) is 72.4 Å². The number of nitrogens with one attached hydrogen (secondary N) is 1. The normalized spacial score (nSPS) is 10.2. The standard InChI is InChI=1S/C20H18N4O4/c1-28-17-11-12-21-20(23-17)22-15-9-7-14(8-10-15)19(27)24(13-18(25)26)16-5-3-2-4-6-16/h2-12H,13H2,1H3,(H,25,26)(H,21,22,23). The van der Waals surface area contributed by atoms with Gasteiger partial charge in [-0.3, -0.25) is 14.5 Å². The Bertz CT molecular complexity index is 961. The van der Waals surface area contributed by atoms with Crippen LogP contribution in [0.2, 0.25) is 0 Å². The minimum atomic E-state index is -1.09. The van der Waals surface area contributed by atoms with Crippen molar-refractivity contribution in [3.8, 4) is 5.88 Å². The number of hydrogen-bond donors (Lipinski definition) is 2. The van der Waals surface area contributed by atoms with Gasteiger partial charge in [0.05, 0.1) is 7.11 Å². The van der Waals surface area contributed by atoms with Crippen molar-refractivity contribution in [2.75, 3.05) is 23.9 Å². The highest BCUT2D eigenvalue weighted by atomic mass is 16.5. The molecule has 0 fully saturated rings. The summed E-state index contributed by atoms with van der Waals surface area (Å²) in [5, 5.41) is 12.2. The number of para-hydroxylation sites is 1. The van der Waals surface area contributed by atoms with E-state index in [9.17, 15) is 9.59 Å². The van der Waals surface area contributed by atoms with Crippen LogP contribution < -0.4 is 15.0 Å². The molecule has 1 aromatic heterocycles. The van der Waals surface area contributed by atoms with Crippen molar-refractivity contribution in [1.29, 1.82) is 0 Å². The molecule has 2 N–H and O–H groups in total. The summed E-state index contributed by atoms with van der Waals surface area (Å²) in [6.07, 6.45) is 1.57. The van der Waals surface area contributed by atoms with Gasteiger partial charge in [0.15, 0.2) is 0 Å². The Hall–Kier alpha value is -3.94. The first-order chi connectivity index (χ1) is 13.6. The number of nitrogens with zero attached hydrogens (tertiary/aromatic N) is 3. The van der Waals surface area contributed by atoms with E-state index in [0.29, 0.717) is 28.8 Å². The summed E-state index contributed by atoms with van der Waals surface area (Å²) < 4.78 is 5.05.